The van der Waals surface area contributed by atoms with Gasteiger partial charge in [0.2, 0.25) is 0 Å². The SMILES string of the molecule is CCc1csc2c(CBr)ccc(F)c12. The molecule has 0 atom stereocenters. The Hall–Kier alpha value is -0.410. The first kappa shape index (κ1) is 10.1. The second-order valence-electron chi connectivity index (χ2n) is 3.16. The lowest BCUT2D eigenvalue weighted by atomic mass is 10.1. The van der Waals surface area contributed by atoms with Crippen LogP contribution < -0.4 is 0 Å². The zero-order chi connectivity index (χ0) is 10.1. The number of aryl methyl sites for hydroxylation is 1. The van der Waals surface area contributed by atoms with E-state index in [9.17, 15) is 4.39 Å². The third-order valence-corrected chi connectivity index (χ3v) is 4.06. The van der Waals surface area contributed by atoms with E-state index in [1.165, 1.54) is 5.56 Å². The van der Waals surface area contributed by atoms with Gasteiger partial charge in [-0.25, -0.2) is 4.39 Å². The van der Waals surface area contributed by atoms with E-state index in [0.29, 0.717) is 0 Å². The van der Waals surface area contributed by atoms with E-state index >= 15 is 0 Å². The predicted octanol–water partition coefficient (Wildman–Crippen LogP) is 4.50. The molecule has 0 saturated heterocycles. The minimum atomic E-state index is -0.0946. The molecular formula is C11H10BrFS. The maximum absolute atomic E-state index is 13.6. The first-order valence-corrected chi connectivity index (χ1v) is 6.51. The average molecular weight is 273 g/mol. The molecule has 0 radical (unpaired) electrons. The summed E-state index contributed by atoms with van der Waals surface area (Å²) in [6, 6.07) is 3.41. The highest BCUT2D eigenvalue weighted by Crippen LogP contribution is 2.32. The Labute approximate surface area is 94.9 Å². The number of alkyl halides is 1. The molecule has 1 aromatic heterocycles. The summed E-state index contributed by atoms with van der Waals surface area (Å²) in [7, 11) is 0. The number of hydrogen-bond acceptors (Lipinski definition) is 1. The molecule has 0 nitrogen and oxygen atoms in total. The van der Waals surface area contributed by atoms with Crippen LogP contribution in [0.5, 0.6) is 0 Å². The normalized spacial score (nSPS) is 11.1. The van der Waals surface area contributed by atoms with Crippen LogP contribution in [0.25, 0.3) is 10.1 Å². The van der Waals surface area contributed by atoms with Gasteiger partial charge in [-0.3, -0.25) is 0 Å². The highest BCUT2D eigenvalue weighted by atomic mass is 79.9. The van der Waals surface area contributed by atoms with Crippen molar-refractivity contribution in [3.63, 3.8) is 0 Å². The summed E-state index contributed by atoms with van der Waals surface area (Å²) < 4.78 is 14.7. The fourth-order valence-corrected chi connectivity index (χ4v) is 3.43. The highest BCUT2D eigenvalue weighted by Gasteiger charge is 2.10. The lowest BCUT2D eigenvalue weighted by molar-refractivity contribution is 0.639. The van der Waals surface area contributed by atoms with Gasteiger partial charge in [0.15, 0.2) is 0 Å². The van der Waals surface area contributed by atoms with E-state index in [1.54, 1.807) is 17.4 Å². The van der Waals surface area contributed by atoms with Crippen molar-refractivity contribution in [2.75, 3.05) is 0 Å². The maximum atomic E-state index is 13.6. The van der Waals surface area contributed by atoms with Gasteiger partial charge in [-0.1, -0.05) is 28.9 Å². The van der Waals surface area contributed by atoms with Crippen LogP contribution in [0.1, 0.15) is 18.1 Å². The minimum absolute atomic E-state index is 0.0946. The topological polar surface area (TPSA) is 0 Å². The largest absolute Gasteiger partial charge is 0.206 e. The third-order valence-electron chi connectivity index (χ3n) is 2.35. The summed E-state index contributed by atoms with van der Waals surface area (Å²) in [6.07, 6.45) is 0.892. The Morgan fingerprint density at radius 2 is 2.14 bits per heavy atom. The van der Waals surface area contributed by atoms with E-state index in [2.05, 4.69) is 28.2 Å². The number of rotatable bonds is 2. The van der Waals surface area contributed by atoms with Gasteiger partial charge in [0.25, 0.3) is 0 Å². The van der Waals surface area contributed by atoms with Gasteiger partial charge in [0.1, 0.15) is 5.82 Å². The molecule has 0 spiro atoms. The molecule has 0 N–H and O–H groups in total. The second-order valence-corrected chi connectivity index (χ2v) is 4.60. The predicted molar refractivity (Wildman–Crippen MR) is 63.8 cm³/mol. The third kappa shape index (κ3) is 1.48. The van der Waals surface area contributed by atoms with E-state index in [-0.39, 0.29) is 5.82 Å². The Morgan fingerprint density at radius 1 is 1.36 bits per heavy atom. The Kier molecular flexibility index (Phi) is 2.88. The zero-order valence-electron chi connectivity index (χ0n) is 7.81. The smallest absolute Gasteiger partial charge is 0.132 e. The molecule has 0 bridgehead atoms. The summed E-state index contributed by atoms with van der Waals surface area (Å²) in [5.41, 5.74) is 2.29. The molecule has 2 aromatic rings. The minimum Gasteiger partial charge on any atom is -0.206 e. The van der Waals surface area contributed by atoms with Gasteiger partial charge in [-0.2, -0.15) is 0 Å². The van der Waals surface area contributed by atoms with Crippen LogP contribution in [0.4, 0.5) is 4.39 Å². The van der Waals surface area contributed by atoms with Crippen molar-refractivity contribution >= 4 is 37.4 Å². The van der Waals surface area contributed by atoms with Crippen molar-refractivity contribution in [1.29, 1.82) is 0 Å². The fraction of sp³-hybridized carbons (Fsp3) is 0.273. The van der Waals surface area contributed by atoms with Crippen LogP contribution in [0, 0.1) is 5.82 Å². The summed E-state index contributed by atoms with van der Waals surface area (Å²) in [5.74, 6) is -0.0946. The van der Waals surface area contributed by atoms with Crippen molar-refractivity contribution in [2.24, 2.45) is 0 Å². The van der Waals surface area contributed by atoms with Crippen LogP contribution in [0.2, 0.25) is 0 Å². The van der Waals surface area contributed by atoms with E-state index in [4.69, 9.17) is 0 Å². The van der Waals surface area contributed by atoms with Gasteiger partial charge in [0.05, 0.1) is 0 Å². The Balaban J connectivity index is 2.80. The lowest BCUT2D eigenvalue weighted by Gasteiger charge is -2.00. The lowest BCUT2D eigenvalue weighted by Crippen LogP contribution is -1.84. The molecular weight excluding hydrogens is 263 g/mol. The standard InChI is InChI=1S/C11H10BrFS/c1-2-7-6-14-11-8(5-12)3-4-9(13)10(7)11/h3-4,6H,2,5H2,1H3. The van der Waals surface area contributed by atoms with Crippen LogP contribution in [-0.2, 0) is 11.8 Å². The van der Waals surface area contributed by atoms with Crippen LogP contribution >= 0.6 is 27.3 Å². The molecule has 0 aliphatic carbocycles. The number of halogens is 2. The molecule has 2 rings (SSSR count). The summed E-state index contributed by atoms with van der Waals surface area (Å²) in [5, 5.41) is 3.65. The molecule has 74 valence electrons. The van der Waals surface area contributed by atoms with Crippen molar-refractivity contribution in [3.05, 3.63) is 34.5 Å². The second kappa shape index (κ2) is 3.99. The van der Waals surface area contributed by atoms with Crippen molar-refractivity contribution < 1.29 is 4.39 Å². The van der Waals surface area contributed by atoms with Crippen molar-refractivity contribution in [2.45, 2.75) is 18.7 Å². The summed E-state index contributed by atoms with van der Waals surface area (Å²) in [6.45, 7) is 2.06. The molecule has 1 heterocycles. The van der Waals surface area contributed by atoms with E-state index < -0.39 is 0 Å². The summed E-state index contributed by atoms with van der Waals surface area (Å²) >= 11 is 5.05. The average Bonchev–Trinajstić information content (AvgIpc) is 2.63. The molecule has 0 amide bonds. The van der Waals surface area contributed by atoms with Gasteiger partial charge >= 0.3 is 0 Å². The fourth-order valence-electron chi connectivity index (χ4n) is 1.59. The first-order valence-electron chi connectivity index (χ1n) is 4.51. The maximum Gasteiger partial charge on any atom is 0.132 e. The number of fused-ring (bicyclic) bond motifs is 1. The molecule has 0 unspecified atom stereocenters. The molecule has 0 saturated carbocycles. The van der Waals surface area contributed by atoms with E-state index in [0.717, 1.165) is 27.4 Å². The molecule has 3 heteroatoms. The number of benzene rings is 1. The van der Waals surface area contributed by atoms with E-state index in [1.807, 2.05) is 6.07 Å². The van der Waals surface area contributed by atoms with Crippen LogP contribution in [-0.4, -0.2) is 0 Å². The van der Waals surface area contributed by atoms with Crippen molar-refractivity contribution in [3.8, 4) is 0 Å². The molecule has 0 fully saturated rings. The highest BCUT2D eigenvalue weighted by molar-refractivity contribution is 9.08. The molecule has 1 aromatic carbocycles. The number of thiophene rings is 1. The molecule has 0 aliphatic heterocycles. The molecule has 0 aliphatic rings. The molecule has 14 heavy (non-hydrogen) atoms. The van der Waals surface area contributed by atoms with Gasteiger partial charge < -0.3 is 0 Å². The quantitative estimate of drug-likeness (QED) is 0.707. The summed E-state index contributed by atoms with van der Waals surface area (Å²) in [4.78, 5) is 0. The van der Waals surface area contributed by atoms with Gasteiger partial charge in [-0.15, -0.1) is 11.3 Å². The first-order chi connectivity index (χ1) is 6.77. The van der Waals surface area contributed by atoms with Crippen LogP contribution in [0.15, 0.2) is 17.5 Å². The van der Waals surface area contributed by atoms with Crippen molar-refractivity contribution in [1.82, 2.24) is 0 Å². The zero-order valence-corrected chi connectivity index (χ0v) is 10.2. The Morgan fingerprint density at radius 3 is 2.79 bits per heavy atom. The van der Waals surface area contributed by atoms with Gasteiger partial charge in [0, 0.05) is 15.4 Å². The Bertz CT molecular complexity index is 462. The monoisotopic (exact) mass is 272 g/mol. The number of hydrogen-bond donors (Lipinski definition) is 0. The van der Waals surface area contributed by atoms with Gasteiger partial charge in [-0.05, 0) is 29.0 Å². The van der Waals surface area contributed by atoms with Crippen LogP contribution in [0.3, 0.4) is 0 Å².